The van der Waals surface area contributed by atoms with Crippen LogP contribution in [-0.2, 0) is 4.79 Å². The first-order valence-corrected chi connectivity index (χ1v) is 8.39. The van der Waals surface area contributed by atoms with Gasteiger partial charge in [-0.2, -0.15) is 11.8 Å². The number of anilines is 1. The zero-order valence-electron chi connectivity index (χ0n) is 11.6. The molecule has 0 radical (unpaired) electrons. The highest BCUT2D eigenvalue weighted by atomic mass is 32.2. The van der Waals surface area contributed by atoms with E-state index in [4.69, 9.17) is 4.74 Å². The molecule has 3 unspecified atom stereocenters. The molecule has 0 saturated heterocycles. The molecule has 5 heteroatoms. The maximum atomic E-state index is 12.3. The molecular formula is C15H20N2O2S. The first-order chi connectivity index (χ1) is 9.78. The molecule has 108 valence electrons. The summed E-state index contributed by atoms with van der Waals surface area (Å²) in [5.41, 5.74) is 0.958. The number of carbonyl (C=O) groups excluding carboxylic acids is 1. The average Bonchev–Trinajstić information content (AvgIpc) is 2.94. The van der Waals surface area contributed by atoms with Gasteiger partial charge in [0, 0.05) is 11.3 Å². The van der Waals surface area contributed by atoms with Crippen LogP contribution in [0.3, 0.4) is 0 Å². The molecule has 2 aliphatic rings. The zero-order valence-corrected chi connectivity index (χ0v) is 12.4. The molecule has 4 nitrogen and oxygen atoms in total. The zero-order chi connectivity index (χ0) is 13.9. The summed E-state index contributed by atoms with van der Waals surface area (Å²) in [7, 11) is 0. The Kier molecular flexibility index (Phi) is 4.05. The van der Waals surface area contributed by atoms with Crippen molar-refractivity contribution in [3.05, 3.63) is 24.3 Å². The summed E-state index contributed by atoms with van der Waals surface area (Å²) in [6.45, 7) is 0.527. The number of para-hydroxylation sites is 2. The lowest BCUT2D eigenvalue weighted by atomic mass is 10.2. The summed E-state index contributed by atoms with van der Waals surface area (Å²) in [4.78, 5) is 12.3. The summed E-state index contributed by atoms with van der Waals surface area (Å²) in [6, 6.07) is 8.02. The molecule has 1 aliphatic heterocycles. The van der Waals surface area contributed by atoms with Crippen molar-refractivity contribution in [2.75, 3.05) is 18.1 Å². The SMILES string of the molecule is CSC1CCCC1NC(=O)C1CNc2ccccc2O1. The summed E-state index contributed by atoms with van der Waals surface area (Å²) in [5, 5.41) is 6.95. The topological polar surface area (TPSA) is 50.4 Å². The molecule has 1 heterocycles. The molecule has 1 aromatic carbocycles. The third-order valence-corrected chi connectivity index (χ3v) is 5.18. The number of thioether (sulfide) groups is 1. The molecule has 2 N–H and O–H groups in total. The van der Waals surface area contributed by atoms with Crippen LogP contribution in [0.2, 0.25) is 0 Å². The average molecular weight is 292 g/mol. The predicted molar refractivity (Wildman–Crippen MR) is 82.4 cm³/mol. The molecule has 0 aromatic heterocycles. The normalized spacial score (nSPS) is 28.1. The number of fused-ring (bicyclic) bond motifs is 1. The van der Waals surface area contributed by atoms with Gasteiger partial charge in [-0.05, 0) is 31.2 Å². The molecule has 1 amide bonds. The molecule has 1 aromatic rings. The maximum Gasteiger partial charge on any atom is 0.263 e. The van der Waals surface area contributed by atoms with Crippen molar-refractivity contribution in [2.24, 2.45) is 0 Å². The monoisotopic (exact) mass is 292 g/mol. The van der Waals surface area contributed by atoms with Gasteiger partial charge in [0.15, 0.2) is 6.10 Å². The lowest BCUT2D eigenvalue weighted by Crippen LogP contribution is -2.49. The number of hydrogen-bond donors (Lipinski definition) is 2. The van der Waals surface area contributed by atoms with Crippen LogP contribution in [0.25, 0.3) is 0 Å². The molecule has 20 heavy (non-hydrogen) atoms. The maximum absolute atomic E-state index is 12.3. The van der Waals surface area contributed by atoms with Crippen LogP contribution in [0.15, 0.2) is 24.3 Å². The number of benzene rings is 1. The van der Waals surface area contributed by atoms with Crippen LogP contribution >= 0.6 is 11.8 Å². The van der Waals surface area contributed by atoms with Gasteiger partial charge in [-0.25, -0.2) is 0 Å². The fourth-order valence-electron chi connectivity index (χ4n) is 2.91. The van der Waals surface area contributed by atoms with Gasteiger partial charge in [0.25, 0.3) is 5.91 Å². The van der Waals surface area contributed by atoms with E-state index in [2.05, 4.69) is 16.9 Å². The van der Waals surface area contributed by atoms with Crippen molar-refractivity contribution in [1.29, 1.82) is 0 Å². The van der Waals surface area contributed by atoms with Crippen molar-refractivity contribution in [3.8, 4) is 5.75 Å². The van der Waals surface area contributed by atoms with Gasteiger partial charge in [-0.15, -0.1) is 0 Å². The third-order valence-electron chi connectivity index (χ3n) is 4.01. The predicted octanol–water partition coefficient (Wildman–Crippen LogP) is 2.26. The second kappa shape index (κ2) is 5.95. The number of rotatable bonds is 3. The van der Waals surface area contributed by atoms with Crippen molar-refractivity contribution < 1.29 is 9.53 Å². The summed E-state index contributed by atoms with van der Waals surface area (Å²) in [6.07, 6.45) is 5.15. The van der Waals surface area contributed by atoms with Gasteiger partial charge in [0.05, 0.1) is 12.2 Å². The minimum absolute atomic E-state index is 0.00190. The standard InChI is InChI=1S/C15H20N2O2S/c1-20-14-8-4-6-11(14)17-15(18)13-9-16-10-5-2-3-7-12(10)19-13/h2-3,5,7,11,13-14,16H,4,6,8-9H2,1H3,(H,17,18). The van der Waals surface area contributed by atoms with Crippen LogP contribution in [-0.4, -0.2) is 36.1 Å². The second-order valence-electron chi connectivity index (χ2n) is 5.30. The third kappa shape index (κ3) is 2.73. The van der Waals surface area contributed by atoms with Gasteiger partial charge in [0.2, 0.25) is 0 Å². The van der Waals surface area contributed by atoms with E-state index in [1.807, 2.05) is 36.0 Å². The van der Waals surface area contributed by atoms with E-state index in [1.54, 1.807) is 0 Å². The molecular weight excluding hydrogens is 272 g/mol. The molecule has 1 fully saturated rings. The summed E-state index contributed by atoms with van der Waals surface area (Å²) >= 11 is 1.85. The van der Waals surface area contributed by atoms with Crippen LogP contribution in [0.4, 0.5) is 5.69 Å². The Bertz CT molecular complexity index is 495. The Balaban J connectivity index is 1.61. The van der Waals surface area contributed by atoms with E-state index in [0.717, 1.165) is 17.9 Å². The van der Waals surface area contributed by atoms with E-state index < -0.39 is 6.10 Å². The van der Waals surface area contributed by atoms with E-state index in [1.165, 1.54) is 12.8 Å². The molecule has 0 spiro atoms. The van der Waals surface area contributed by atoms with E-state index in [0.29, 0.717) is 17.8 Å². The highest BCUT2D eigenvalue weighted by Gasteiger charge is 2.32. The highest BCUT2D eigenvalue weighted by molar-refractivity contribution is 7.99. The largest absolute Gasteiger partial charge is 0.477 e. The van der Waals surface area contributed by atoms with Gasteiger partial charge < -0.3 is 15.4 Å². The molecule has 1 aliphatic carbocycles. The van der Waals surface area contributed by atoms with Crippen molar-refractivity contribution >= 4 is 23.4 Å². The minimum atomic E-state index is -0.437. The van der Waals surface area contributed by atoms with Crippen LogP contribution < -0.4 is 15.4 Å². The lowest BCUT2D eigenvalue weighted by Gasteiger charge is -2.28. The molecule has 0 bridgehead atoms. The summed E-state index contributed by atoms with van der Waals surface area (Å²) < 4.78 is 5.79. The van der Waals surface area contributed by atoms with Crippen LogP contribution in [0, 0.1) is 0 Å². The molecule has 3 rings (SSSR count). The molecule has 1 saturated carbocycles. The minimum Gasteiger partial charge on any atom is -0.477 e. The van der Waals surface area contributed by atoms with Crippen molar-refractivity contribution in [1.82, 2.24) is 5.32 Å². The van der Waals surface area contributed by atoms with Gasteiger partial charge >= 0.3 is 0 Å². The number of carbonyl (C=O) groups is 1. The van der Waals surface area contributed by atoms with E-state index in [-0.39, 0.29) is 5.91 Å². The number of hydrogen-bond acceptors (Lipinski definition) is 4. The van der Waals surface area contributed by atoms with Gasteiger partial charge in [0.1, 0.15) is 5.75 Å². The van der Waals surface area contributed by atoms with E-state index in [9.17, 15) is 4.79 Å². The van der Waals surface area contributed by atoms with Gasteiger partial charge in [-0.1, -0.05) is 18.6 Å². The Morgan fingerprint density at radius 2 is 2.25 bits per heavy atom. The first kappa shape index (κ1) is 13.6. The number of amides is 1. The van der Waals surface area contributed by atoms with Crippen LogP contribution in [0.1, 0.15) is 19.3 Å². The van der Waals surface area contributed by atoms with Crippen LogP contribution in [0.5, 0.6) is 5.75 Å². The lowest BCUT2D eigenvalue weighted by molar-refractivity contribution is -0.128. The van der Waals surface area contributed by atoms with Crippen molar-refractivity contribution in [3.63, 3.8) is 0 Å². The quantitative estimate of drug-likeness (QED) is 0.897. The Labute approximate surface area is 123 Å². The number of nitrogens with one attached hydrogen (secondary N) is 2. The highest BCUT2D eigenvalue weighted by Crippen LogP contribution is 2.30. The Morgan fingerprint density at radius 3 is 3.10 bits per heavy atom. The van der Waals surface area contributed by atoms with Crippen molar-refractivity contribution in [2.45, 2.75) is 36.7 Å². The second-order valence-corrected chi connectivity index (χ2v) is 6.38. The van der Waals surface area contributed by atoms with Gasteiger partial charge in [-0.3, -0.25) is 4.79 Å². The fourth-order valence-corrected chi connectivity index (χ4v) is 3.84. The Hall–Kier alpha value is -1.36. The fraction of sp³-hybridized carbons (Fsp3) is 0.533. The smallest absolute Gasteiger partial charge is 0.263 e. The summed E-state index contributed by atoms with van der Waals surface area (Å²) in [5.74, 6) is 0.754. The first-order valence-electron chi connectivity index (χ1n) is 7.10. The number of ether oxygens (including phenoxy) is 1. The molecule has 3 atom stereocenters. The van der Waals surface area contributed by atoms with E-state index >= 15 is 0 Å². The Morgan fingerprint density at radius 1 is 1.40 bits per heavy atom.